The maximum Gasteiger partial charge on any atom is 0.265 e. The number of nitrogen functional groups attached to an aromatic ring is 1. The molecule has 0 unspecified atom stereocenters. The number of hydrogen-bond acceptors (Lipinski definition) is 5. The van der Waals surface area contributed by atoms with Crippen LogP contribution in [0.3, 0.4) is 0 Å². The van der Waals surface area contributed by atoms with Crippen LogP contribution in [-0.4, -0.2) is 16.8 Å². The minimum absolute atomic E-state index is 0.391. The SMILES string of the molecule is Nc1cccc(N2C(=O)c3cccc4c(-c5ncc(-c6ccccc6)o5)ccc(c34)C2=O)c1. The molecular weight excluding hydrogens is 414 g/mol. The monoisotopic (exact) mass is 431 g/mol. The minimum atomic E-state index is -0.391. The second-order valence-electron chi connectivity index (χ2n) is 7.83. The van der Waals surface area contributed by atoms with Crippen LogP contribution in [0.1, 0.15) is 20.7 Å². The van der Waals surface area contributed by atoms with Crippen molar-refractivity contribution < 1.29 is 14.0 Å². The van der Waals surface area contributed by atoms with Gasteiger partial charge in [-0.3, -0.25) is 9.59 Å². The summed E-state index contributed by atoms with van der Waals surface area (Å²) in [7, 11) is 0. The summed E-state index contributed by atoms with van der Waals surface area (Å²) in [4.78, 5) is 32.4. The Morgan fingerprint density at radius 3 is 2.27 bits per heavy atom. The predicted molar refractivity (Wildman–Crippen MR) is 127 cm³/mol. The van der Waals surface area contributed by atoms with Gasteiger partial charge in [-0.05, 0) is 41.8 Å². The smallest absolute Gasteiger partial charge is 0.265 e. The van der Waals surface area contributed by atoms with Gasteiger partial charge in [-0.25, -0.2) is 9.88 Å². The van der Waals surface area contributed by atoms with Gasteiger partial charge >= 0.3 is 0 Å². The Hall–Kier alpha value is -4.71. The van der Waals surface area contributed by atoms with Crippen molar-refractivity contribution in [2.24, 2.45) is 0 Å². The average Bonchev–Trinajstić information content (AvgIpc) is 3.33. The third kappa shape index (κ3) is 2.92. The number of aromatic nitrogens is 1. The van der Waals surface area contributed by atoms with Crippen molar-refractivity contribution in [1.29, 1.82) is 0 Å². The first-order valence-corrected chi connectivity index (χ1v) is 10.4. The molecule has 0 saturated heterocycles. The summed E-state index contributed by atoms with van der Waals surface area (Å²) in [6.45, 7) is 0. The summed E-state index contributed by atoms with van der Waals surface area (Å²) in [5, 5.41) is 1.34. The summed E-state index contributed by atoms with van der Waals surface area (Å²) < 4.78 is 6.05. The topological polar surface area (TPSA) is 89.4 Å². The molecule has 1 aliphatic heterocycles. The van der Waals surface area contributed by atoms with Gasteiger partial charge in [0.25, 0.3) is 11.8 Å². The van der Waals surface area contributed by atoms with E-state index in [1.807, 2.05) is 42.5 Å². The van der Waals surface area contributed by atoms with E-state index in [-0.39, 0.29) is 0 Å². The van der Waals surface area contributed by atoms with Crippen molar-refractivity contribution in [3.05, 3.63) is 102 Å². The zero-order valence-electron chi connectivity index (χ0n) is 17.4. The summed E-state index contributed by atoms with van der Waals surface area (Å²) in [5.41, 5.74) is 9.34. The van der Waals surface area contributed by atoms with Gasteiger partial charge in [-0.15, -0.1) is 0 Å². The Morgan fingerprint density at radius 2 is 1.48 bits per heavy atom. The Morgan fingerprint density at radius 1 is 0.758 bits per heavy atom. The van der Waals surface area contributed by atoms with Gasteiger partial charge in [0.1, 0.15) is 0 Å². The lowest BCUT2D eigenvalue weighted by Gasteiger charge is -2.27. The highest BCUT2D eigenvalue weighted by Gasteiger charge is 2.34. The molecule has 0 aliphatic carbocycles. The zero-order chi connectivity index (χ0) is 22.5. The van der Waals surface area contributed by atoms with E-state index in [1.54, 1.807) is 48.7 Å². The van der Waals surface area contributed by atoms with Crippen LogP contribution < -0.4 is 10.6 Å². The van der Waals surface area contributed by atoms with Crippen LogP contribution in [0.4, 0.5) is 11.4 Å². The zero-order valence-corrected chi connectivity index (χ0v) is 17.4. The second kappa shape index (κ2) is 7.17. The largest absolute Gasteiger partial charge is 0.436 e. The van der Waals surface area contributed by atoms with Crippen molar-refractivity contribution in [2.45, 2.75) is 0 Å². The molecule has 0 saturated carbocycles. The number of carbonyl (C=O) groups excluding carboxylic acids is 2. The van der Waals surface area contributed by atoms with Gasteiger partial charge < -0.3 is 10.2 Å². The molecule has 4 aromatic carbocycles. The third-order valence-corrected chi connectivity index (χ3v) is 5.83. The summed E-state index contributed by atoms with van der Waals surface area (Å²) in [6, 6.07) is 25.4. The lowest BCUT2D eigenvalue weighted by molar-refractivity contribution is 0.0893. The molecule has 0 spiro atoms. The second-order valence-corrected chi connectivity index (χ2v) is 7.83. The fraction of sp³-hybridized carbons (Fsp3) is 0. The normalized spacial score (nSPS) is 13.0. The van der Waals surface area contributed by atoms with Crippen LogP contribution in [0.25, 0.3) is 33.6 Å². The third-order valence-electron chi connectivity index (χ3n) is 5.83. The van der Waals surface area contributed by atoms with Crippen molar-refractivity contribution in [1.82, 2.24) is 4.98 Å². The highest BCUT2D eigenvalue weighted by molar-refractivity contribution is 6.36. The predicted octanol–water partition coefficient (Wildman–Crippen LogP) is 5.54. The lowest BCUT2D eigenvalue weighted by Crippen LogP contribution is -2.40. The molecule has 1 aromatic heterocycles. The van der Waals surface area contributed by atoms with Gasteiger partial charge in [-0.2, -0.15) is 0 Å². The number of imide groups is 1. The number of oxazole rings is 1. The van der Waals surface area contributed by atoms with E-state index in [0.717, 1.165) is 16.5 Å². The number of rotatable bonds is 3. The highest BCUT2D eigenvalue weighted by atomic mass is 16.4. The molecule has 6 nitrogen and oxygen atoms in total. The molecule has 5 aromatic rings. The summed E-state index contributed by atoms with van der Waals surface area (Å²) >= 11 is 0. The Labute approximate surface area is 188 Å². The molecule has 2 heterocycles. The molecule has 1 aliphatic rings. The van der Waals surface area contributed by atoms with E-state index in [9.17, 15) is 9.59 Å². The van der Waals surface area contributed by atoms with E-state index in [1.165, 1.54) is 4.90 Å². The number of benzene rings is 4. The number of nitrogens with zero attached hydrogens (tertiary/aromatic N) is 2. The number of nitrogens with two attached hydrogens (primary N) is 1. The minimum Gasteiger partial charge on any atom is -0.436 e. The van der Waals surface area contributed by atoms with Gasteiger partial charge in [0.15, 0.2) is 5.76 Å². The van der Waals surface area contributed by atoms with Crippen LogP contribution in [0.15, 0.2) is 95.5 Å². The fourth-order valence-corrected chi connectivity index (χ4v) is 4.32. The van der Waals surface area contributed by atoms with Crippen molar-refractivity contribution in [2.75, 3.05) is 10.6 Å². The van der Waals surface area contributed by atoms with E-state index in [4.69, 9.17) is 10.2 Å². The van der Waals surface area contributed by atoms with Crippen LogP contribution in [-0.2, 0) is 0 Å². The van der Waals surface area contributed by atoms with Gasteiger partial charge in [0, 0.05) is 33.3 Å². The molecule has 6 rings (SSSR count). The Balaban J connectivity index is 1.51. The number of amides is 2. The lowest BCUT2D eigenvalue weighted by atomic mass is 9.91. The molecule has 0 atom stereocenters. The molecule has 0 fully saturated rings. The van der Waals surface area contributed by atoms with Crippen molar-refractivity contribution in [3.63, 3.8) is 0 Å². The molecule has 33 heavy (non-hydrogen) atoms. The standard InChI is InChI=1S/C27H17N3O3/c28-17-8-4-9-18(14-17)30-26(31)21-11-5-10-19-20(12-13-22(24(19)21)27(30)32)25-29-15-23(33-25)16-6-2-1-3-7-16/h1-15H,28H2. The van der Waals surface area contributed by atoms with Crippen LogP contribution in [0, 0.1) is 0 Å². The maximum atomic E-state index is 13.4. The molecular formula is C27H17N3O3. The van der Waals surface area contributed by atoms with Gasteiger partial charge in [-0.1, -0.05) is 48.5 Å². The Bertz CT molecular complexity index is 1550. The summed E-state index contributed by atoms with van der Waals surface area (Å²) in [6.07, 6.45) is 1.68. The van der Waals surface area contributed by atoms with Crippen LogP contribution >= 0.6 is 0 Å². The number of carbonyl (C=O) groups is 2. The molecule has 2 amide bonds. The van der Waals surface area contributed by atoms with Crippen LogP contribution in [0.5, 0.6) is 0 Å². The maximum absolute atomic E-state index is 13.4. The number of hydrogen-bond donors (Lipinski definition) is 1. The Kier molecular flexibility index (Phi) is 4.13. The van der Waals surface area contributed by atoms with Gasteiger partial charge in [0.2, 0.25) is 5.89 Å². The van der Waals surface area contributed by atoms with E-state index >= 15 is 0 Å². The van der Waals surface area contributed by atoms with E-state index in [2.05, 4.69) is 4.98 Å². The fourth-order valence-electron chi connectivity index (χ4n) is 4.32. The average molecular weight is 431 g/mol. The highest BCUT2D eigenvalue weighted by Crippen LogP contribution is 2.38. The molecule has 6 heteroatoms. The van der Waals surface area contributed by atoms with Crippen molar-refractivity contribution >= 4 is 34.0 Å². The molecule has 0 bridgehead atoms. The first-order chi connectivity index (χ1) is 16.1. The molecule has 0 radical (unpaired) electrons. The first-order valence-electron chi connectivity index (χ1n) is 10.4. The van der Waals surface area contributed by atoms with E-state index in [0.29, 0.717) is 39.5 Å². The molecule has 2 N–H and O–H groups in total. The van der Waals surface area contributed by atoms with Crippen molar-refractivity contribution in [3.8, 4) is 22.8 Å². The number of anilines is 2. The van der Waals surface area contributed by atoms with Gasteiger partial charge in [0.05, 0.1) is 11.9 Å². The van der Waals surface area contributed by atoms with Crippen LogP contribution in [0.2, 0.25) is 0 Å². The first kappa shape index (κ1) is 19.0. The quantitative estimate of drug-likeness (QED) is 0.299. The van der Waals surface area contributed by atoms with E-state index < -0.39 is 11.8 Å². The molecule has 158 valence electrons. The summed E-state index contributed by atoms with van der Waals surface area (Å²) in [5.74, 6) is 0.290.